The number of rotatable bonds is 5. The topological polar surface area (TPSA) is 24.9 Å². The first-order chi connectivity index (χ1) is 11.2. The predicted octanol–water partition coefficient (Wildman–Crippen LogP) is 6.15. The predicted molar refractivity (Wildman–Crippen MR) is 99.7 cm³/mol. The van der Waals surface area contributed by atoms with Crippen molar-refractivity contribution in [2.45, 2.75) is 19.3 Å². The van der Waals surface area contributed by atoms with Gasteiger partial charge in [0.15, 0.2) is 0 Å². The first kappa shape index (κ1) is 16.1. The molecule has 0 aliphatic rings. The maximum Gasteiger partial charge on any atom is 0.0933 e. The lowest BCUT2D eigenvalue weighted by Crippen LogP contribution is -2.07. The van der Waals surface area contributed by atoms with Gasteiger partial charge in [-0.25, -0.2) is 0 Å². The van der Waals surface area contributed by atoms with Gasteiger partial charge in [0.25, 0.3) is 0 Å². The van der Waals surface area contributed by atoms with Crippen molar-refractivity contribution in [1.29, 1.82) is 0 Å². The fourth-order valence-corrected chi connectivity index (χ4v) is 3.57. The highest BCUT2D eigenvalue weighted by atomic mass is 35.5. The van der Waals surface area contributed by atoms with E-state index in [9.17, 15) is 0 Å². The molecule has 1 aromatic heterocycles. The molecule has 0 aliphatic heterocycles. The largest absolute Gasteiger partial charge is 0.383 e. The van der Waals surface area contributed by atoms with E-state index >= 15 is 0 Å². The second-order valence-electron chi connectivity index (χ2n) is 5.63. The van der Waals surface area contributed by atoms with Crippen LogP contribution in [0.4, 0.5) is 5.69 Å². The summed E-state index contributed by atoms with van der Waals surface area (Å²) in [5.41, 5.74) is 3.08. The van der Waals surface area contributed by atoms with E-state index in [1.54, 1.807) is 0 Å². The average Bonchev–Trinajstić information content (AvgIpc) is 2.55. The van der Waals surface area contributed by atoms with Gasteiger partial charge in [-0.15, -0.1) is 0 Å². The Labute approximate surface area is 146 Å². The second kappa shape index (κ2) is 7.20. The van der Waals surface area contributed by atoms with Crippen LogP contribution in [-0.4, -0.2) is 11.5 Å². The Morgan fingerprint density at radius 3 is 2.48 bits per heavy atom. The number of para-hydroxylation sites is 1. The minimum atomic E-state index is 0.284. The Balaban J connectivity index is 1.69. The van der Waals surface area contributed by atoms with Gasteiger partial charge in [0, 0.05) is 28.2 Å². The first-order valence-electron chi connectivity index (χ1n) is 7.68. The minimum Gasteiger partial charge on any atom is -0.383 e. The first-order valence-corrected chi connectivity index (χ1v) is 8.44. The quantitative estimate of drug-likeness (QED) is 0.600. The van der Waals surface area contributed by atoms with Gasteiger partial charge >= 0.3 is 0 Å². The monoisotopic (exact) mass is 344 g/mol. The zero-order chi connectivity index (χ0) is 16.2. The SMILES string of the molecule is CC(CCNc1cccc2cccnc12)c1c(Cl)cccc1Cl. The molecule has 3 rings (SSSR count). The molecular formula is C19H18Cl2N2. The highest BCUT2D eigenvalue weighted by molar-refractivity contribution is 6.36. The molecule has 2 aromatic carbocycles. The molecule has 0 amide bonds. The van der Waals surface area contributed by atoms with E-state index in [2.05, 4.69) is 35.4 Å². The molecule has 2 nitrogen and oxygen atoms in total. The van der Waals surface area contributed by atoms with E-state index in [4.69, 9.17) is 23.2 Å². The molecule has 3 aromatic rings. The molecule has 0 saturated heterocycles. The van der Waals surface area contributed by atoms with Crippen LogP contribution >= 0.6 is 23.2 Å². The Morgan fingerprint density at radius 2 is 1.70 bits per heavy atom. The van der Waals surface area contributed by atoms with Crippen molar-refractivity contribution in [2.75, 3.05) is 11.9 Å². The fourth-order valence-electron chi connectivity index (χ4n) is 2.80. The van der Waals surface area contributed by atoms with Gasteiger partial charge in [-0.2, -0.15) is 0 Å². The van der Waals surface area contributed by atoms with Crippen LogP contribution in [0.1, 0.15) is 24.8 Å². The molecule has 23 heavy (non-hydrogen) atoms. The summed E-state index contributed by atoms with van der Waals surface area (Å²) >= 11 is 12.6. The summed E-state index contributed by atoms with van der Waals surface area (Å²) in [5, 5.41) is 6.08. The van der Waals surface area contributed by atoms with E-state index in [-0.39, 0.29) is 5.92 Å². The number of hydrogen-bond acceptors (Lipinski definition) is 2. The molecule has 0 fully saturated rings. The molecule has 0 radical (unpaired) electrons. The zero-order valence-corrected chi connectivity index (χ0v) is 14.4. The maximum absolute atomic E-state index is 6.28. The lowest BCUT2D eigenvalue weighted by atomic mass is 9.97. The van der Waals surface area contributed by atoms with Gasteiger partial charge in [-0.3, -0.25) is 4.98 Å². The molecule has 1 heterocycles. The number of anilines is 1. The molecule has 0 saturated carbocycles. The third kappa shape index (κ3) is 3.60. The molecule has 0 spiro atoms. The third-order valence-corrected chi connectivity index (χ3v) is 4.68. The number of nitrogens with one attached hydrogen (secondary N) is 1. The summed E-state index contributed by atoms with van der Waals surface area (Å²) < 4.78 is 0. The van der Waals surface area contributed by atoms with Crippen LogP contribution in [0, 0.1) is 0 Å². The minimum absolute atomic E-state index is 0.284. The number of benzene rings is 2. The van der Waals surface area contributed by atoms with Crippen LogP contribution in [0.2, 0.25) is 10.0 Å². The summed E-state index contributed by atoms with van der Waals surface area (Å²) in [7, 11) is 0. The molecule has 118 valence electrons. The van der Waals surface area contributed by atoms with E-state index < -0.39 is 0 Å². The van der Waals surface area contributed by atoms with Crippen molar-refractivity contribution in [2.24, 2.45) is 0 Å². The Kier molecular flexibility index (Phi) is 5.04. The smallest absolute Gasteiger partial charge is 0.0933 e. The number of fused-ring (bicyclic) bond motifs is 1. The Hall–Kier alpha value is -1.77. The zero-order valence-electron chi connectivity index (χ0n) is 12.9. The molecule has 1 N–H and O–H groups in total. The summed E-state index contributed by atoms with van der Waals surface area (Å²) in [6.45, 7) is 2.98. The number of nitrogens with zero attached hydrogens (tertiary/aromatic N) is 1. The second-order valence-corrected chi connectivity index (χ2v) is 6.45. The molecule has 0 aliphatic carbocycles. The average molecular weight is 345 g/mol. The Bertz CT molecular complexity index is 792. The van der Waals surface area contributed by atoms with E-state index in [0.29, 0.717) is 0 Å². The van der Waals surface area contributed by atoms with Gasteiger partial charge in [-0.05, 0) is 42.2 Å². The summed E-state index contributed by atoms with van der Waals surface area (Å²) in [4.78, 5) is 4.46. The lowest BCUT2D eigenvalue weighted by molar-refractivity contribution is 0.706. The molecule has 1 atom stereocenters. The summed E-state index contributed by atoms with van der Waals surface area (Å²) in [6, 6.07) is 15.8. The standard InChI is InChI=1S/C19H18Cl2N2/c1-13(18-15(20)7-3-8-16(18)21)10-12-22-17-9-2-5-14-6-4-11-23-19(14)17/h2-9,11,13,22H,10,12H2,1H3. The van der Waals surface area contributed by atoms with Gasteiger partial charge in [0.05, 0.1) is 11.2 Å². The van der Waals surface area contributed by atoms with Crippen LogP contribution in [0.3, 0.4) is 0 Å². The number of hydrogen-bond donors (Lipinski definition) is 1. The molecule has 0 bridgehead atoms. The van der Waals surface area contributed by atoms with Crippen LogP contribution < -0.4 is 5.32 Å². The number of aromatic nitrogens is 1. The van der Waals surface area contributed by atoms with Crippen molar-refractivity contribution >= 4 is 39.8 Å². The number of pyridine rings is 1. The molecule has 4 heteroatoms. The van der Waals surface area contributed by atoms with Gasteiger partial charge < -0.3 is 5.32 Å². The van der Waals surface area contributed by atoms with Crippen molar-refractivity contribution in [3.8, 4) is 0 Å². The fraction of sp³-hybridized carbons (Fsp3) is 0.211. The highest BCUT2D eigenvalue weighted by Crippen LogP contribution is 2.33. The summed E-state index contributed by atoms with van der Waals surface area (Å²) in [6.07, 6.45) is 2.76. The van der Waals surface area contributed by atoms with Crippen molar-refractivity contribution in [3.05, 3.63) is 70.3 Å². The lowest BCUT2D eigenvalue weighted by Gasteiger charge is -2.16. The van der Waals surface area contributed by atoms with Crippen LogP contribution in [0.5, 0.6) is 0 Å². The molecular weight excluding hydrogens is 327 g/mol. The number of halogens is 2. The van der Waals surface area contributed by atoms with E-state index in [1.165, 1.54) is 0 Å². The van der Waals surface area contributed by atoms with Gasteiger partial charge in [-0.1, -0.05) is 54.4 Å². The van der Waals surface area contributed by atoms with Gasteiger partial charge in [0.1, 0.15) is 0 Å². The van der Waals surface area contributed by atoms with Crippen LogP contribution in [0.25, 0.3) is 10.9 Å². The van der Waals surface area contributed by atoms with E-state index in [1.807, 2.05) is 36.5 Å². The third-order valence-electron chi connectivity index (χ3n) is 4.02. The normalized spacial score (nSPS) is 12.3. The van der Waals surface area contributed by atoms with Gasteiger partial charge in [0.2, 0.25) is 0 Å². The van der Waals surface area contributed by atoms with Crippen LogP contribution in [0.15, 0.2) is 54.7 Å². The Morgan fingerprint density at radius 1 is 1.00 bits per heavy atom. The molecule has 1 unspecified atom stereocenters. The highest BCUT2D eigenvalue weighted by Gasteiger charge is 2.13. The van der Waals surface area contributed by atoms with Crippen molar-refractivity contribution in [1.82, 2.24) is 4.98 Å². The summed E-state index contributed by atoms with van der Waals surface area (Å²) in [5.74, 6) is 0.284. The van der Waals surface area contributed by atoms with Crippen molar-refractivity contribution < 1.29 is 0 Å². The van der Waals surface area contributed by atoms with E-state index in [0.717, 1.165) is 45.2 Å². The maximum atomic E-state index is 6.28. The van der Waals surface area contributed by atoms with Crippen LogP contribution in [-0.2, 0) is 0 Å². The van der Waals surface area contributed by atoms with Crippen molar-refractivity contribution in [3.63, 3.8) is 0 Å².